The third-order valence-corrected chi connectivity index (χ3v) is 6.78. The molecule has 4 aromatic rings. The van der Waals surface area contributed by atoms with Gasteiger partial charge in [-0.2, -0.15) is 0 Å². The minimum Gasteiger partial charge on any atom is -0.480 e. The van der Waals surface area contributed by atoms with E-state index in [1.54, 1.807) is 36.7 Å². The van der Waals surface area contributed by atoms with Crippen molar-refractivity contribution in [1.29, 1.82) is 0 Å². The first kappa shape index (κ1) is 30.0. The molecule has 220 valence electrons. The lowest BCUT2D eigenvalue weighted by Gasteiger charge is -2.25. The standard InChI is InChI=1S/C29H33N7O6/c30-21(12-19-14-31-16-33-19)26(38)34-23(10-17-6-2-1-3-7-17)27(39)35-24(28(40)36-25(15-37)29(41)42)11-18-13-32-22-9-5-4-8-20(18)22/h1-9,13-14,16,21,23-25,32,37H,10-12,15,30H2,(H,31,33)(H,34,38)(H,35,39)(H,36,40)(H,41,42). The second-order valence-electron chi connectivity index (χ2n) is 9.85. The second-order valence-corrected chi connectivity index (χ2v) is 9.85. The first-order valence-corrected chi connectivity index (χ1v) is 13.3. The average molecular weight is 576 g/mol. The van der Waals surface area contributed by atoms with Crippen LogP contribution in [0.2, 0.25) is 0 Å². The fraction of sp³-hybridized carbons (Fsp3) is 0.276. The molecule has 0 saturated carbocycles. The molecule has 3 amide bonds. The summed E-state index contributed by atoms with van der Waals surface area (Å²) >= 11 is 0. The number of imidazole rings is 1. The molecule has 0 spiro atoms. The van der Waals surface area contributed by atoms with Gasteiger partial charge in [0.25, 0.3) is 0 Å². The van der Waals surface area contributed by atoms with Crippen LogP contribution in [0.1, 0.15) is 16.8 Å². The van der Waals surface area contributed by atoms with E-state index in [9.17, 15) is 29.4 Å². The number of nitrogens with two attached hydrogens (primary N) is 1. The highest BCUT2D eigenvalue weighted by molar-refractivity contribution is 5.95. The summed E-state index contributed by atoms with van der Waals surface area (Å²) in [7, 11) is 0. The summed E-state index contributed by atoms with van der Waals surface area (Å²) in [5.74, 6) is -3.49. The Morgan fingerprint density at radius 1 is 0.810 bits per heavy atom. The number of hydrogen-bond donors (Lipinski definition) is 8. The van der Waals surface area contributed by atoms with Gasteiger partial charge in [0.05, 0.1) is 19.0 Å². The van der Waals surface area contributed by atoms with Crippen molar-refractivity contribution in [2.45, 2.75) is 43.4 Å². The van der Waals surface area contributed by atoms with E-state index in [4.69, 9.17) is 5.73 Å². The predicted molar refractivity (Wildman–Crippen MR) is 153 cm³/mol. The van der Waals surface area contributed by atoms with Gasteiger partial charge >= 0.3 is 5.97 Å². The minimum atomic E-state index is -1.57. The number of hydrogen-bond acceptors (Lipinski definition) is 7. The Hall–Kier alpha value is -5.01. The van der Waals surface area contributed by atoms with Gasteiger partial charge in [0, 0.05) is 48.3 Å². The highest BCUT2D eigenvalue weighted by Gasteiger charge is 2.31. The van der Waals surface area contributed by atoms with Gasteiger partial charge in [0.2, 0.25) is 17.7 Å². The normalized spacial score (nSPS) is 14.0. The molecule has 42 heavy (non-hydrogen) atoms. The maximum atomic E-state index is 13.7. The molecule has 4 rings (SSSR count). The molecular formula is C29H33N7O6. The van der Waals surface area contributed by atoms with Crippen LogP contribution < -0.4 is 21.7 Å². The number of nitrogens with zero attached hydrogens (tertiary/aromatic N) is 1. The molecule has 13 nitrogen and oxygen atoms in total. The van der Waals surface area contributed by atoms with E-state index in [2.05, 4.69) is 30.9 Å². The molecule has 0 radical (unpaired) electrons. The van der Waals surface area contributed by atoms with Crippen LogP contribution in [0.3, 0.4) is 0 Å². The number of aliphatic hydroxyl groups excluding tert-OH is 1. The van der Waals surface area contributed by atoms with Gasteiger partial charge < -0.3 is 41.9 Å². The number of carbonyl (C=O) groups is 4. The monoisotopic (exact) mass is 575 g/mol. The van der Waals surface area contributed by atoms with Crippen molar-refractivity contribution >= 4 is 34.6 Å². The molecule has 0 aliphatic rings. The summed E-state index contributed by atoms with van der Waals surface area (Å²) in [6, 6.07) is 11.5. The number of nitrogens with one attached hydrogen (secondary N) is 5. The van der Waals surface area contributed by atoms with Crippen molar-refractivity contribution in [3.05, 3.63) is 90.1 Å². The molecular weight excluding hydrogens is 542 g/mol. The van der Waals surface area contributed by atoms with E-state index in [1.165, 1.54) is 6.33 Å². The maximum Gasteiger partial charge on any atom is 0.328 e. The predicted octanol–water partition coefficient (Wildman–Crippen LogP) is -0.222. The summed E-state index contributed by atoms with van der Waals surface area (Å²) in [5.41, 5.74) is 9.02. The summed E-state index contributed by atoms with van der Waals surface area (Å²) < 4.78 is 0. The summed E-state index contributed by atoms with van der Waals surface area (Å²) in [6.07, 6.45) is 4.99. The third-order valence-electron chi connectivity index (χ3n) is 6.78. The summed E-state index contributed by atoms with van der Waals surface area (Å²) in [6.45, 7) is -0.838. The molecule has 0 fully saturated rings. The molecule has 9 N–H and O–H groups in total. The van der Waals surface area contributed by atoms with Crippen molar-refractivity contribution in [2.24, 2.45) is 5.73 Å². The number of aromatic amines is 2. The molecule has 0 bridgehead atoms. The molecule has 0 aliphatic carbocycles. The van der Waals surface area contributed by atoms with Gasteiger partial charge in [-0.1, -0.05) is 48.5 Å². The molecule has 4 atom stereocenters. The van der Waals surface area contributed by atoms with Crippen LogP contribution in [0.4, 0.5) is 0 Å². The van der Waals surface area contributed by atoms with E-state index in [1.807, 2.05) is 30.3 Å². The molecule has 13 heteroatoms. The van der Waals surface area contributed by atoms with Gasteiger partial charge in [0.1, 0.15) is 18.1 Å². The second kappa shape index (κ2) is 14.1. The van der Waals surface area contributed by atoms with E-state index < -0.39 is 54.5 Å². The van der Waals surface area contributed by atoms with Crippen LogP contribution in [-0.2, 0) is 38.4 Å². The number of benzene rings is 2. The zero-order valence-electron chi connectivity index (χ0n) is 22.6. The van der Waals surface area contributed by atoms with Gasteiger partial charge in [0.15, 0.2) is 0 Å². The Morgan fingerprint density at radius 3 is 2.12 bits per heavy atom. The molecule has 2 heterocycles. The molecule has 2 aromatic carbocycles. The van der Waals surface area contributed by atoms with Crippen LogP contribution in [0.5, 0.6) is 0 Å². The van der Waals surface area contributed by atoms with Crippen LogP contribution in [0, 0.1) is 0 Å². The Morgan fingerprint density at radius 2 is 1.45 bits per heavy atom. The van der Waals surface area contributed by atoms with E-state index in [0.29, 0.717) is 11.3 Å². The Labute approximate surface area is 240 Å². The number of carboxylic acid groups (broad SMARTS) is 1. The zero-order valence-corrected chi connectivity index (χ0v) is 22.6. The number of H-pyrrole nitrogens is 2. The number of rotatable bonds is 14. The number of fused-ring (bicyclic) bond motifs is 1. The van der Waals surface area contributed by atoms with Crippen LogP contribution >= 0.6 is 0 Å². The number of carboxylic acids is 1. The summed E-state index contributed by atoms with van der Waals surface area (Å²) in [4.78, 5) is 61.4. The lowest BCUT2D eigenvalue weighted by atomic mass is 10.0. The zero-order chi connectivity index (χ0) is 30.1. The molecule has 4 unspecified atom stereocenters. The Bertz CT molecular complexity index is 1510. The van der Waals surface area contributed by atoms with E-state index >= 15 is 0 Å². The van der Waals surface area contributed by atoms with Crippen molar-refractivity contribution < 1.29 is 29.4 Å². The number of para-hydroxylation sites is 1. The van der Waals surface area contributed by atoms with Crippen molar-refractivity contribution in [2.75, 3.05) is 6.61 Å². The number of aromatic nitrogens is 3. The quantitative estimate of drug-likeness (QED) is 0.100. The number of aliphatic carboxylic acids is 1. The molecule has 2 aromatic heterocycles. The molecule has 0 aliphatic heterocycles. The SMILES string of the molecule is NC(Cc1cnc[nH]1)C(=O)NC(Cc1ccccc1)C(=O)NC(Cc1c[nH]c2ccccc12)C(=O)NC(CO)C(=O)O. The highest BCUT2D eigenvalue weighted by Crippen LogP contribution is 2.19. The van der Waals surface area contributed by atoms with E-state index in [-0.39, 0.29) is 19.3 Å². The van der Waals surface area contributed by atoms with E-state index in [0.717, 1.165) is 16.5 Å². The van der Waals surface area contributed by atoms with Gasteiger partial charge in [-0.15, -0.1) is 0 Å². The minimum absolute atomic E-state index is 0.00466. The van der Waals surface area contributed by atoms with Crippen LogP contribution in [0.15, 0.2) is 73.3 Å². The first-order chi connectivity index (χ1) is 20.2. The van der Waals surface area contributed by atoms with Gasteiger partial charge in [-0.05, 0) is 17.2 Å². The average Bonchev–Trinajstić information content (AvgIpc) is 3.65. The largest absolute Gasteiger partial charge is 0.480 e. The van der Waals surface area contributed by atoms with Gasteiger partial charge in [-0.3, -0.25) is 14.4 Å². The topological polar surface area (TPSA) is 215 Å². The van der Waals surface area contributed by atoms with Crippen LogP contribution in [-0.4, -0.2) is 79.6 Å². The van der Waals surface area contributed by atoms with Gasteiger partial charge in [-0.25, -0.2) is 9.78 Å². The Kier molecular flexibility index (Phi) is 10.0. The fourth-order valence-electron chi connectivity index (χ4n) is 4.52. The highest BCUT2D eigenvalue weighted by atomic mass is 16.4. The number of aliphatic hydroxyl groups is 1. The van der Waals surface area contributed by atoms with Crippen LogP contribution in [0.25, 0.3) is 10.9 Å². The fourth-order valence-corrected chi connectivity index (χ4v) is 4.52. The third kappa shape index (κ3) is 7.80. The lowest BCUT2D eigenvalue weighted by molar-refractivity contribution is -0.143. The summed E-state index contributed by atoms with van der Waals surface area (Å²) in [5, 5.41) is 27.3. The number of amides is 3. The lowest BCUT2D eigenvalue weighted by Crippen LogP contribution is -2.58. The Balaban J connectivity index is 1.57. The smallest absolute Gasteiger partial charge is 0.328 e. The maximum absolute atomic E-state index is 13.7. The first-order valence-electron chi connectivity index (χ1n) is 13.3. The van der Waals surface area contributed by atoms with Crippen molar-refractivity contribution in [1.82, 2.24) is 30.9 Å². The van der Waals surface area contributed by atoms with Crippen molar-refractivity contribution in [3.8, 4) is 0 Å². The number of carbonyl (C=O) groups excluding carboxylic acids is 3. The van der Waals surface area contributed by atoms with Crippen molar-refractivity contribution in [3.63, 3.8) is 0 Å². The molecule has 0 saturated heterocycles.